The van der Waals surface area contributed by atoms with Crippen molar-refractivity contribution in [3.8, 4) is 0 Å². The second kappa shape index (κ2) is 5.66. The number of hydrogen-bond acceptors (Lipinski definition) is 3. The Bertz CT molecular complexity index is 799. The van der Waals surface area contributed by atoms with Crippen molar-refractivity contribution < 1.29 is 27.6 Å². The van der Waals surface area contributed by atoms with Crippen LogP contribution in [0.3, 0.4) is 0 Å². The average molecular weight is 367 g/mol. The Kier molecular flexibility index (Phi) is 4.05. The van der Waals surface area contributed by atoms with Crippen LogP contribution in [-0.4, -0.2) is 17.5 Å². The van der Waals surface area contributed by atoms with E-state index in [4.69, 9.17) is 0 Å². The van der Waals surface area contributed by atoms with Gasteiger partial charge in [-0.05, 0) is 36.5 Å². The zero-order chi connectivity index (χ0) is 19.5. The molecule has 0 aromatic heterocycles. The Morgan fingerprint density at radius 2 is 1.85 bits per heavy atom. The molecule has 0 radical (unpaired) electrons. The van der Waals surface area contributed by atoms with Gasteiger partial charge in [0.1, 0.15) is 0 Å². The smallest absolute Gasteiger partial charge is 0.325 e. The summed E-state index contributed by atoms with van der Waals surface area (Å²) in [5.41, 5.74) is -2.33. The van der Waals surface area contributed by atoms with E-state index in [-0.39, 0.29) is 5.69 Å². The van der Waals surface area contributed by atoms with E-state index < -0.39 is 51.9 Å². The molecule has 0 heterocycles. The van der Waals surface area contributed by atoms with Crippen LogP contribution in [0.2, 0.25) is 0 Å². The second-order valence-electron chi connectivity index (χ2n) is 7.91. The molecule has 0 saturated heterocycles. The van der Waals surface area contributed by atoms with Crippen molar-refractivity contribution >= 4 is 23.2 Å². The third-order valence-electron chi connectivity index (χ3n) is 6.38. The van der Waals surface area contributed by atoms with Crippen LogP contribution in [0.4, 0.5) is 18.9 Å². The standard InChI is InChI=1S/C19H20F3NO3/c1-17(2)12-7-8-18(17,3)15(25)13(14(12)24)16(26)23-11-6-4-5-10(9-11)19(20,21)22/h4-6,9,12-13H,7-8H2,1-3H3,(H,23,26)/t12-,13?,18+/m0/s1. The monoisotopic (exact) mass is 367 g/mol. The lowest BCUT2D eigenvalue weighted by Crippen LogP contribution is -2.56. The topological polar surface area (TPSA) is 63.2 Å². The van der Waals surface area contributed by atoms with E-state index in [9.17, 15) is 27.6 Å². The summed E-state index contributed by atoms with van der Waals surface area (Å²) in [7, 11) is 0. The molecule has 1 aromatic rings. The fraction of sp³-hybridized carbons (Fsp3) is 0.526. The second-order valence-corrected chi connectivity index (χ2v) is 7.91. The quantitative estimate of drug-likeness (QED) is 0.808. The predicted octanol–water partition coefficient (Wildman–Crippen LogP) is 3.85. The zero-order valence-electron chi connectivity index (χ0n) is 14.7. The van der Waals surface area contributed by atoms with Gasteiger partial charge in [-0.1, -0.05) is 26.8 Å². The number of carbonyl (C=O) groups excluding carboxylic acids is 3. The normalized spacial score (nSPS) is 30.4. The van der Waals surface area contributed by atoms with E-state index in [1.807, 2.05) is 13.8 Å². The first kappa shape index (κ1) is 18.6. The lowest BCUT2D eigenvalue weighted by molar-refractivity contribution is -0.156. The molecule has 2 bridgehead atoms. The third kappa shape index (κ3) is 2.56. The molecule has 2 saturated carbocycles. The van der Waals surface area contributed by atoms with Crippen LogP contribution in [0.15, 0.2) is 24.3 Å². The number of halogens is 3. The van der Waals surface area contributed by atoms with Crippen LogP contribution < -0.4 is 5.32 Å². The molecule has 2 fully saturated rings. The lowest BCUT2D eigenvalue weighted by atomic mass is 9.55. The third-order valence-corrected chi connectivity index (χ3v) is 6.38. The van der Waals surface area contributed by atoms with Crippen molar-refractivity contribution in [2.24, 2.45) is 22.7 Å². The number of Topliss-reactive ketones (excluding diaryl/α,β-unsaturated/α-hetero) is 2. The van der Waals surface area contributed by atoms with Crippen LogP contribution in [0.5, 0.6) is 0 Å². The van der Waals surface area contributed by atoms with Crippen molar-refractivity contribution in [3.63, 3.8) is 0 Å². The van der Waals surface area contributed by atoms with Crippen molar-refractivity contribution in [1.82, 2.24) is 0 Å². The number of carbonyl (C=O) groups is 3. The molecule has 3 atom stereocenters. The number of anilines is 1. The van der Waals surface area contributed by atoms with Gasteiger partial charge in [-0.2, -0.15) is 13.2 Å². The molecule has 26 heavy (non-hydrogen) atoms. The molecule has 140 valence electrons. The summed E-state index contributed by atoms with van der Waals surface area (Å²) >= 11 is 0. The number of nitrogens with one attached hydrogen (secondary N) is 1. The summed E-state index contributed by atoms with van der Waals surface area (Å²) in [6, 6.07) is 4.13. The minimum atomic E-state index is -4.55. The minimum Gasteiger partial charge on any atom is -0.325 e. The molecule has 1 N–H and O–H groups in total. The summed E-state index contributed by atoms with van der Waals surface area (Å²) in [4.78, 5) is 38.3. The molecule has 3 rings (SSSR count). The first-order valence-corrected chi connectivity index (χ1v) is 8.46. The van der Waals surface area contributed by atoms with Gasteiger partial charge >= 0.3 is 6.18 Å². The van der Waals surface area contributed by atoms with Crippen LogP contribution in [-0.2, 0) is 20.6 Å². The van der Waals surface area contributed by atoms with Crippen LogP contribution in [0, 0.1) is 22.7 Å². The van der Waals surface area contributed by atoms with Gasteiger partial charge in [-0.25, -0.2) is 0 Å². The molecular formula is C19H20F3NO3. The van der Waals surface area contributed by atoms with Gasteiger partial charge in [0.15, 0.2) is 17.5 Å². The highest BCUT2D eigenvalue weighted by molar-refractivity contribution is 6.25. The van der Waals surface area contributed by atoms with Gasteiger partial charge < -0.3 is 5.32 Å². The summed E-state index contributed by atoms with van der Waals surface area (Å²) < 4.78 is 38.4. The molecule has 4 nitrogen and oxygen atoms in total. The number of benzene rings is 1. The first-order chi connectivity index (χ1) is 11.9. The number of hydrogen-bond donors (Lipinski definition) is 1. The maximum atomic E-state index is 12.9. The van der Waals surface area contributed by atoms with E-state index >= 15 is 0 Å². The molecule has 2 aliphatic carbocycles. The SMILES string of the molecule is CC1(C)[C@H]2CC[C@]1(C)C(=O)C(C(=O)Nc1cccc(C(F)(F)F)c1)C2=O. The maximum Gasteiger partial charge on any atom is 0.416 e. The average Bonchev–Trinajstić information content (AvgIpc) is 2.70. The highest BCUT2D eigenvalue weighted by atomic mass is 19.4. The van der Waals surface area contributed by atoms with Gasteiger partial charge in [0.05, 0.1) is 5.56 Å². The molecular weight excluding hydrogens is 347 g/mol. The van der Waals surface area contributed by atoms with E-state index in [1.165, 1.54) is 6.07 Å². The minimum absolute atomic E-state index is 0.0900. The molecule has 0 spiro atoms. The van der Waals surface area contributed by atoms with Crippen LogP contribution in [0.1, 0.15) is 39.2 Å². The van der Waals surface area contributed by atoms with Gasteiger partial charge in [0.25, 0.3) is 0 Å². The number of amides is 1. The summed E-state index contributed by atoms with van der Waals surface area (Å²) in [5, 5.41) is 2.32. The summed E-state index contributed by atoms with van der Waals surface area (Å²) in [6.45, 7) is 5.50. The van der Waals surface area contributed by atoms with Gasteiger partial charge in [0.2, 0.25) is 5.91 Å². The lowest BCUT2D eigenvalue weighted by Gasteiger charge is -2.46. The van der Waals surface area contributed by atoms with Gasteiger partial charge in [-0.3, -0.25) is 14.4 Å². The first-order valence-electron chi connectivity index (χ1n) is 8.46. The number of fused-ring (bicyclic) bond motifs is 2. The molecule has 0 aliphatic heterocycles. The molecule has 1 unspecified atom stereocenters. The van der Waals surface area contributed by atoms with E-state index in [0.29, 0.717) is 12.8 Å². The number of rotatable bonds is 2. The van der Waals surface area contributed by atoms with E-state index in [0.717, 1.165) is 18.2 Å². The van der Waals surface area contributed by atoms with E-state index in [2.05, 4.69) is 5.32 Å². The molecule has 1 amide bonds. The van der Waals surface area contributed by atoms with Crippen molar-refractivity contribution in [2.75, 3.05) is 5.32 Å². The Labute approximate surface area is 149 Å². The van der Waals surface area contributed by atoms with Gasteiger partial charge in [0, 0.05) is 17.0 Å². The van der Waals surface area contributed by atoms with Crippen LogP contribution in [0.25, 0.3) is 0 Å². The van der Waals surface area contributed by atoms with Crippen molar-refractivity contribution in [3.05, 3.63) is 29.8 Å². The largest absolute Gasteiger partial charge is 0.416 e. The Morgan fingerprint density at radius 1 is 1.19 bits per heavy atom. The van der Waals surface area contributed by atoms with Gasteiger partial charge in [-0.15, -0.1) is 0 Å². The Morgan fingerprint density at radius 3 is 2.46 bits per heavy atom. The highest BCUT2D eigenvalue weighted by Crippen LogP contribution is 2.61. The zero-order valence-corrected chi connectivity index (χ0v) is 14.7. The molecule has 2 aliphatic rings. The Balaban J connectivity index is 1.88. The molecule has 7 heteroatoms. The molecule has 1 aromatic carbocycles. The Hall–Kier alpha value is -2.18. The summed E-state index contributed by atoms with van der Waals surface area (Å²) in [5.74, 6) is -3.59. The highest BCUT2D eigenvalue weighted by Gasteiger charge is 2.66. The number of ketones is 2. The predicted molar refractivity (Wildman–Crippen MR) is 88.2 cm³/mol. The summed E-state index contributed by atoms with van der Waals surface area (Å²) in [6.07, 6.45) is -3.47. The fourth-order valence-electron chi connectivity index (χ4n) is 4.32. The van der Waals surface area contributed by atoms with E-state index in [1.54, 1.807) is 6.92 Å². The van der Waals surface area contributed by atoms with Crippen molar-refractivity contribution in [1.29, 1.82) is 0 Å². The number of alkyl halides is 3. The maximum absolute atomic E-state index is 12.9. The van der Waals surface area contributed by atoms with Crippen LogP contribution >= 0.6 is 0 Å². The fourth-order valence-corrected chi connectivity index (χ4v) is 4.32. The van der Waals surface area contributed by atoms with Crippen molar-refractivity contribution in [2.45, 2.75) is 39.8 Å².